The fraction of sp³-hybridized carbons (Fsp3) is 0.0938. The van der Waals surface area contributed by atoms with Crippen LogP contribution in [0.4, 0.5) is 0 Å². The average molecular weight is 843 g/mol. The molecule has 0 aliphatic heterocycles. The summed E-state index contributed by atoms with van der Waals surface area (Å²) in [6.07, 6.45) is 8.67. The molecule has 0 saturated heterocycles. The second kappa shape index (κ2) is 14.8. The van der Waals surface area contributed by atoms with Crippen molar-refractivity contribution < 1.29 is 0 Å². The van der Waals surface area contributed by atoms with E-state index in [1.165, 1.54) is 133 Å². The first-order valence-electron chi connectivity index (χ1n) is 23.7. The first kappa shape index (κ1) is 37.4. The zero-order chi connectivity index (χ0) is 43.3. The van der Waals surface area contributed by atoms with E-state index in [1.54, 1.807) is 0 Å². The van der Waals surface area contributed by atoms with Crippen LogP contribution in [-0.4, -0.2) is 9.13 Å². The second-order valence-corrected chi connectivity index (χ2v) is 18.6. The molecule has 3 aliphatic rings. The Labute approximate surface area is 385 Å². The molecular formula is C64H46N2. The number of fused-ring (bicyclic) bond motifs is 8. The molecule has 0 radical (unpaired) electrons. The summed E-state index contributed by atoms with van der Waals surface area (Å²) in [4.78, 5) is 0. The molecule has 312 valence electrons. The molecule has 66 heavy (non-hydrogen) atoms. The van der Waals surface area contributed by atoms with Crippen molar-refractivity contribution in [3.05, 3.63) is 239 Å². The summed E-state index contributed by atoms with van der Waals surface area (Å²) in [6.45, 7) is 0. The fourth-order valence-corrected chi connectivity index (χ4v) is 12.0. The van der Waals surface area contributed by atoms with E-state index in [0.29, 0.717) is 0 Å². The van der Waals surface area contributed by atoms with Crippen LogP contribution >= 0.6 is 0 Å². The summed E-state index contributed by atoms with van der Waals surface area (Å²) in [5.74, 6) is 0. The Morgan fingerprint density at radius 2 is 0.773 bits per heavy atom. The van der Waals surface area contributed by atoms with E-state index in [4.69, 9.17) is 0 Å². The molecule has 11 aromatic rings. The van der Waals surface area contributed by atoms with Gasteiger partial charge >= 0.3 is 0 Å². The molecule has 0 N–H and O–H groups in total. The molecule has 0 bridgehead atoms. The highest BCUT2D eigenvalue weighted by Crippen LogP contribution is 2.52. The van der Waals surface area contributed by atoms with Crippen molar-refractivity contribution in [2.24, 2.45) is 0 Å². The first-order valence-corrected chi connectivity index (χ1v) is 23.7. The maximum atomic E-state index is 2.65. The molecule has 0 atom stereocenters. The van der Waals surface area contributed by atoms with Gasteiger partial charge in [-0.3, -0.25) is 0 Å². The van der Waals surface area contributed by atoms with Gasteiger partial charge in [-0.05, 0) is 171 Å². The maximum absolute atomic E-state index is 2.65. The van der Waals surface area contributed by atoms with Crippen LogP contribution in [0.1, 0.15) is 45.5 Å². The third kappa shape index (κ3) is 5.74. The number of para-hydroxylation sites is 2. The van der Waals surface area contributed by atoms with Crippen LogP contribution in [0.15, 0.2) is 200 Å². The van der Waals surface area contributed by atoms with E-state index in [-0.39, 0.29) is 0 Å². The summed E-state index contributed by atoms with van der Waals surface area (Å²) >= 11 is 0. The Hall–Kier alpha value is -7.94. The van der Waals surface area contributed by atoms with Gasteiger partial charge in [0, 0.05) is 38.8 Å². The molecule has 2 heteroatoms. The summed E-state index contributed by atoms with van der Waals surface area (Å²) in [7, 11) is 0. The number of aromatic nitrogens is 2. The zero-order valence-electron chi connectivity index (χ0n) is 36.8. The Kier molecular flexibility index (Phi) is 8.40. The molecule has 3 aliphatic carbocycles. The van der Waals surface area contributed by atoms with Gasteiger partial charge in [0.15, 0.2) is 0 Å². The summed E-state index contributed by atoms with van der Waals surface area (Å²) in [5.41, 5.74) is 28.7. The monoisotopic (exact) mass is 842 g/mol. The van der Waals surface area contributed by atoms with E-state index >= 15 is 0 Å². The molecular weight excluding hydrogens is 797 g/mol. The van der Waals surface area contributed by atoms with Gasteiger partial charge in [-0.25, -0.2) is 0 Å². The number of nitrogens with zero attached hydrogens (tertiary/aromatic N) is 2. The largest absolute Gasteiger partial charge is 0.313 e. The number of aryl methyl sites for hydroxylation is 4. The Morgan fingerprint density at radius 1 is 0.318 bits per heavy atom. The fourth-order valence-electron chi connectivity index (χ4n) is 12.0. The third-order valence-electron chi connectivity index (χ3n) is 15.0. The summed E-state index contributed by atoms with van der Waals surface area (Å²) < 4.78 is 5.23. The molecule has 2 nitrogen and oxygen atoms in total. The number of hydrogen-bond acceptors (Lipinski definition) is 0. The molecule has 0 amide bonds. The van der Waals surface area contributed by atoms with Crippen LogP contribution in [0.2, 0.25) is 0 Å². The second-order valence-electron chi connectivity index (χ2n) is 18.6. The molecule has 14 rings (SSSR count). The van der Waals surface area contributed by atoms with Crippen LogP contribution in [0.25, 0.3) is 100 Å². The van der Waals surface area contributed by atoms with Crippen molar-refractivity contribution >= 4 is 44.4 Å². The van der Waals surface area contributed by atoms with Crippen LogP contribution in [0, 0.1) is 0 Å². The van der Waals surface area contributed by atoms with Crippen molar-refractivity contribution in [1.82, 2.24) is 9.13 Å². The molecule has 2 heterocycles. The van der Waals surface area contributed by atoms with Gasteiger partial charge in [0.1, 0.15) is 0 Å². The van der Waals surface area contributed by atoms with Crippen molar-refractivity contribution in [3.63, 3.8) is 0 Å². The van der Waals surface area contributed by atoms with E-state index in [2.05, 4.69) is 215 Å². The highest BCUT2D eigenvalue weighted by molar-refractivity contribution is 6.15. The van der Waals surface area contributed by atoms with Gasteiger partial charge < -0.3 is 9.13 Å². The Bertz CT molecular complexity index is 3740. The smallest absolute Gasteiger partial charge is 0.0579 e. The van der Waals surface area contributed by atoms with Crippen molar-refractivity contribution in [2.75, 3.05) is 0 Å². The van der Waals surface area contributed by atoms with E-state index in [0.717, 1.165) is 38.5 Å². The van der Waals surface area contributed by atoms with Crippen LogP contribution in [0.5, 0.6) is 0 Å². The van der Waals surface area contributed by atoms with Crippen LogP contribution in [0.3, 0.4) is 0 Å². The Balaban J connectivity index is 0.959. The normalized spacial score (nSPS) is 13.8. The number of allylic oxidation sites excluding steroid dienone is 1. The van der Waals surface area contributed by atoms with Crippen molar-refractivity contribution in [2.45, 2.75) is 38.5 Å². The van der Waals surface area contributed by atoms with Gasteiger partial charge in [0.2, 0.25) is 0 Å². The maximum Gasteiger partial charge on any atom is 0.0579 e. The minimum atomic E-state index is 1.00. The summed E-state index contributed by atoms with van der Waals surface area (Å²) in [6, 6.07) is 74.3. The lowest BCUT2D eigenvalue weighted by molar-refractivity contribution is 0.870. The summed E-state index contributed by atoms with van der Waals surface area (Å²) in [5, 5.41) is 4.11. The zero-order valence-corrected chi connectivity index (χ0v) is 36.8. The number of rotatable bonds is 6. The SMILES string of the molecule is C1=C(c2ccc(-c3ccccc3)cc2)CCc2c1c1cc3c4c(c1n2-c1ccccc1)CCc1c-4c(cc2c4cc(-c5ccc(-c6ccccc6)cc5)ccc4n(-c4ccccc4)c12)CC3. The first-order chi connectivity index (χ1) is 32.7. The molecule has 9 aromatic carbocycles. The topological polar surface area (TPSA) is 9.86 Å². The average Bonchev–Trinajstić information content (AvgIpc) is 3.91. The molecule has 0 unspecified atom stereocenters. The van der Waals surface area contributed by atoms with Gasteiger partial charge in [-0.15, -0.1) is 0 Å². The van der Waals surface area contributed by atoms with Crippen LogP contribution < -0.4 is 0 Å². The van der Waals surface area contributed by atoms with Crippen LogP contribution in [-0.2, 0) is 32.1 Å². The molecule has 0 saturated carbocycles. The third-order valence-corrected chi connectivity index (χ3v) is 15.0. The standard InChI is InChI=1S/C64H46N2/c1-5-13-41(14-6-1)43-21-25-45(26-22-43)47-31-35-59-55(37-47)57-39-49-29-30-50-40-58-56-38-48(46-27-23-44(24-28-46)42-15-7-2-8-16-42)32-36-60(56)66(52-19-11-4-12-20-52)64(58)54-34-33-53(61(49)62(50)54)63(57)65(59)51-17-9-3-10-18-51/h1-28,31,35,37-40H,29-30,32-34,36H2. The van der Waals surface area contributed by atoms with Crippen molar-refractivity contribution in [3.8, 4) is 55.9 Å². The number of hydrogen-bond donors (Lipinski definition) is 0. The van der Waals surface area contributed by atoms with Gasteiger partial charge in [0.25, 0.3) is 0 Å². The highest BCUT2D eigenvalue weighted by atomic mass is 15.0. The molecule has 2 aromatic heterocycles. The van der Waals surface area contributed by atoms with Gasteiger partial charge in [-0.2, -0.15) is 0 Å². The minimum absolute atomic E-state index is 1.00. The molecule has 0 spiro atoms. The highest BCUT2D eigenvalue weighted by Gasteiger charge is 2.34. The predicted octanol–water partition coefficient (Wildman–Crippen LogP) is 16.1. The lowest BCUT2D eigenvalue weighted by atomic mass is 9.73. The lowest BCUT2D eigenvalue weighted by Gasteiger charge is -2.31. The minimum Gasteiger partial charge on any atom is -0.313 e. The van der Waals surface area contributed by atoms with Crippen molar-refractivity contribution in [1.29, 1.82) is 0 Å². The van der Waals surface area contributed by atoms with E-state index in [9.17, 15) is 0 Å². The number of benzene rings is 9. The van der Waals surface area contributed by atoms with E-state index in [1.807, 2.05) is 0 Å². The van der Waals surface area contributed by atoms with Gasteiger partial charge in [0.05, 0.1) is 16.6 Å². The quantitative estimate of drug-likeness (QED) is 0.158. The molecule has 0 fully saturated rings. The predicted molar refractivity (Wildman–Crippen MR) is 277 cm³/mol. The lowest BCUT2D eigenvalue weighted by Crippen LogP contribution is -2.16. The van der Waals surface area contributed by atoms with Gasteiger partial charge in [-0.1, -0.05) is 152 Å². The Morgan fingerprint density at radius 3 is 1.35 bits per heavy atom. The van der Waals surface area contributed by atoms with E-state index < -0.39 is 0 Å².